The van der Waals surface area contributed by atoms with Gasteiger partial charge in [0.15, 0.2) is 0 Å². The van der Waals surface area contributed by atoms with E-state index in [1.807, 2.05) is 20.8 Å². The lowest BCUT2D eigenvalue weighted by Gasteiger charge is -2.29. The standard InChI is InChI=1S/C18H32N2O2/c1-11-9-13(11)10-15(17(22)20-18(2,3)4)14(16(19)21)8-7-12-5-6-12/h11-15H,5-10H2,1-4H3,(H2,19,21)(H,20,22)/t11?,13?,14-,15?/m0/s1. The van der Waals surface area contributed by atoms with Gasteiger partial charge in [-0.05, 0) is 64.2 Å². The summed E-state index contributed by atoms with van der Waals surface area (Å²) in [6, 6.07) is 0. The van der Waals surface area contributed by atoms with Gasteiger partial charge in [0.2, 0.25) is 11.8 Å². The van der Waals surface area contributed by atoms with Crippen LogP contribution in [0.25, 0.3) is 0 Å². The van der Waals surface area contributed by atoms with Crippen LogP contribution < -0.4 is 11.1 Å². The van der Waals surface area contributed by atoms with E-state index in [4.69, 9.17) is 5.73 Å². The first-order valence-corrected chi connectivity index (χ1v) is 8.78. The Morgan fingerprint density at radius 3 is 2.23 bits per heavy atom. The molecule has 2 amide bonds. The molecule has 0 saturated heterocycles. The van der Waals surface area contributed by atoms with Crippen LogP contribution in [0.15, 0.2) is 0 Å². The van der Waals surface area contributed by atoms with E-state index in [0.29, 0.717) is 11.8 Å². The summed E-state index contributed by atoms with van der Waals surface area (Å²) in [6.07, 6.45) is 6.32. The van der Waals surface area contributed by atoms with Crippen molar-refractivity contribution in [2.45, 2.75) is 71.8 Å². The molecule has 0 heterocycles. The van der Waals surface area contributed by atoms with Crippen LogP contribution >= 0.6 is 0 Å². The molecule has 0 aromatic heterocycles. The van der Waals surface area contributed by atoms with E-state index in [9.17, 15) is 9.59 Å². The Morgan fingerprint density at radius 2 is 1.82 bits per heavy atom. The molecule has 22 heavy (non-hydrogen) atoms. The molecular formula is C18H32N2O2. The summed E-state index contributed by atoms with van der Waals surface area (Å²) in [4.78, 5) is 24.7. The average Bonchev–Trinajstić information content (AvgIpc) is 3.25. The minimum Gasteiger partial charge on any atom is -0.369 e. The molecule has 0 spiro atoms. The number of amides is 2. The molecule has 0 radical (unpaired) electrons. The zero-order valence-corrected chi connectivity index (χ0v) is 14.5. The van der Waals surface area contributed by atoms with Gasteiger partial charge in [-0.15, -0.1) is 0 Å². The number of carbonyl (C=O) groups excluding carboxylic acids is 2. The normalized spacial score (nSPS) is 27.1. The molecule has 3 unspecified atom stereocenters. The van der Waals surface area contributed by atoms with E-state index >= 15 is 0 Å². The van der Waals surface area contributed by atoms with Crippen LogP contribution in [0.4, 0.5) is 0 Å². The van der Waals surface area contributed by atoms with Crippen LogP contribution in [0.2, 0.25) is 0 Å². The summed E-state index contributed by atoms with van der Waals surface area (Å²) in [5.41, 5.74) is 5.38. The molecule has 3 N–H and O–H groups in total. The first-order chi connectivity index (χ1) is 10.2. The molecule has 2 saturated carbocycles. The third kappa shape index (κ3) is 5.29. The molecule has 4 heteroatoms. The molecule has 2 rings (SSSR count). The van der Waals surface area contributed by atoms with Crippen LogP contribution in [0.5, 0.6) is 0 Å². The van der Waals surface area contributed by atoms with Gasteiger partial charge in [-0.1, -0.05) is 19.8 Å². The van der Waals surface area contributed by atoms with Crippen LogP contribution in [-0.4, -0.2) is 17.4 Å². The fourth-order valence-corrected chi connectivity index (χ4v) is 3.33. The Kier molecular flexibility index (Phi) is 5.18. The van der Waals surface area contributed by atoms with Gasteiger partial charge in [-0.3, -0.25) is 9.59 Å². The van der Waals surface area contributed by atoms with E-state index in [0.717, 1.165) is 25.2 Å². The van der Waals surface area contributed by atoms with Crippen LogP contribution in [0, 0.1) is 29.6 Å². The van der Waals surface area contributed by atoms with Gasteiger partial charge in [-0.25, -0.2) is 0 Å². The second-order valence-corrected chi connectivity index (χ2v) is 8.58. The lowest BCUT2D eigenvalue weighted by atomic mass is 9.82. The predicted octanol–water partition coefficient (Wildman–Crippen LogP) is 2.86. The topological polar surface area (TPSA) is 72.2 Å². The van der Waals surface area contributed by atoms with Gasteiger partial charge >= 0.3 is 0 Å². The number of hydrogen-bond acceptors (Lipinski definition) is 2. The summed E-state index contributed by atoms with van der Waals surface area (Å²) in [5, 5.41) is 3.06. The molecule has 0 aromatic carbocycles. The van der Waals surface area contributed by atoms with Crippen LogP contribution in [-0.2, 0) is 9.59 Å². The number of carbonyl (C=O) groups is 2. The summed E-state index contributed by atoms with van der Waals surface area (Å²) in [6.45, 7) is 8.15. The quantitative estimate of drug-likeness (QED) is 0.723. The van der Waals surface area contributed by atoms with E-state index < -0.39 is 0 Å². The lowest BCUT2D eigenvalue weighted by Crippen LogP contribution is -2.47. The third-order valence-electron chi connectivity index (χ3n) is 5.10. The maximum absolute atomic E-state index is 12.7. The number of primary amides is 1. The van der Waals surface area contributed by atoms with Crippen molar-refractivity contribution in [1.82, 2.24) is 5.32 Å². The van der Waals surface area contributed by atoms with Gasteiger partial charge in [0.1, 0.15) is 0 Å². The van der Waals surface area contributed by atoms with Gasteiger partial charge in [0.25, 0.3) is 0 Å². The van der Waals surface area contributed by atoms with Crippen molar-refractivity contribution in [1.29, 1.82) is 0 Å². The van der Waals surface area contributed by atoms with Gasteiger partial charge in [0.05, 0.1) is 0 Å². The summed E-state index contributed by atoms with van der Waals surface area (Å²) in [7, 11) is 0. The van der Waals surface area contributed by atoms with Gasteiger partial charge in [-0.2, -0.15) is 0 Å². The average molecular weight is 308 g/mol. The maximum atomic E-state index is 12.7. The van der Waals surface area contributed by atoms with Crippen molar-refractivity contribution in [2.75, 3.05) is 0 Å². The Hall–Kier alpha value is -1.06. The highest BCUT2D eigenvalue weighted by molar-refractivity contribution is 5.87. The summed E-state index contributed by atoms with van der Waals surface area (Å²) in [5.74, 6) is 1.16. The summed E-state index contributed by atoms with van der Waals surface area (Å²) >= 11 is 0. The van der Waals surface area contributed by atoms with Gasteiger partial charge in [0, 0.05) is 17.4 Å². The first-order valence-electron chi connectivity index (χ1n) is 8.78. The predicted molar refractivity (Wildman–Crippen MR) is 87.9 cm³/mol. The Bertz CT molecular complexity index is 423. The minimum absolute atomic E-state index is 0.00574. The van der Waals surface area contributed by atoms with Crippen molar-refractivity contribution in [3.63, 3.8) is 0 Å². The van der Waals surface area contributed by atoms with Crippen molar-refractivity contribution in [2.24, 2.45) is 35.3 Å². The fraction of sp³-hybridized carbons (Fsp3) is 0.889. The lowest BCUT2D eigenvalue weighted by molar-refractivity contribution is -0.135. The highest BCUT2D eigenvalue weighted by Gasteiger charge is 2.42. The van der Waals surface area contributed by atoms with Crippen LogP contribution in [0.3, 0.4) is 0 Å². The highest BCUT2D eigenvalue weighted by atomic mass is 16.2. The third-order valence-corrected chi connectivity index (χ3v) is 5.10. The largest absolute Gasteiger partial charge is 0.369 e. The highest BCUT2D eigenvalue weighted by Crippen LogP contribution is 2.45. The van der Waals surface area contributed by atoms with Crippen molar-refractivity contribution < 1.29 is 9.59 Å². The molecule has 2 aliphatic carbocycles. The maximum Gasteiger partial charge on any atom is 0.224 e. The van der Waals surface area contributed by atoms with E-state index in [1.54, 1.807) is 0 Å². The Labute approximate surface area is 134 Å². The molecule has 4 atom stereocenters. The SMILES string of the molecule is CC1CC1CC(C(=O)NC(C)(C)C)[C@H](CCC1CC1)C(N)=O. The molecule has 4 nitrogen and oxygen atoms in total. The van der Waals surface area contributed by atoms with Crippen molar-refractivity contribution in [3.8, 4) is 0 Å². The van der Waals surface area contributed by atoms with Crippen molar-refractivity contribution >= 4 is 11.8 Å². The Balaban J connectivity index is 2.04. The molecule has 2 aliphatic rings. The zero-order valence-electron chi connectivity index (χ0n) is 14.5. The first kappa shape index (κ1) is 17.3. The molecule has 0 aliphatic heterocycles. The number of nitrogens with one attached hydrogen (secondary N) is 1. The second-order valence-electron chi connectivity index (χ2n) is 8.58. The van der Waals surface area contributed by atoms with Gasteiger partial charge < -0.3 is 11.1 Å². The van der Waals surface area contributed by atoms with E-state index in [2.05, 4.69) is 12.2 Å². The minimum atomic E-state index is -0.309. The fourth-order valence-electron chi connectivity index (χ4n) is 3.33. The molecular weight excluding hydrogens is 276 g/mol. The molecule has 2 fully saturated rings. The second kappa shape index (κ2) is 6.59. The number of nitrogens with two attached hydrogens (primary N) is 1. The monoisotopic (exact) mass is 308 g/mol. The smallest absolute Gasteiger partial charge is 0.224 e. The number of rotatable bonds is 8. The zero-order chi connectivity index (χ0) is 16.5. The van der Waals surface area contributed by atoms with Crippen molar-refractivity contribution in [3.05, 3.63) is 0 Å². The molecule has 0 aromatic rings. The number of hydrogen-bond donors (Lipinski definition) is 2. The summed E-state index contributed by atoms with van der Waals surface area (Å²) < 4.78 is 0. The van der Waals surface area contributed by atoms with Crippen LogP contribution in [0.1, 0.15) is 66.2 Å². The molecule has 126 valence electrons. The molecule has 0 bridgehead atoms. The van der Waals surface area contributed by atoms with E-state index in [-0.39, 0.29) is 29.2 Å². The Morgan fingerprint density at radius 1 is 1.23 bits per heavy atom. The van der Waals surface area contributed by atoms with E-state index in [1.165, 1.54) is 19.3 Å².